The van der Waals surface area contributed by atoms with Gasteiger partial charge in [-0.3, -0.25) is 10.1 Å². The number of hydrogen-bond donors (Lipinski definition) is 1. The van der Waals surface area contributed by atoms with Gasteiger partial charge in [0, 0.05) is 4.88 Å². The predicted octanol–water partition coefficient (Wildman–Crippen LogP) is 4.02. The molecule has 0 aliphatic rings. The Kier molecular flexibility index (Phi) is 5.08. The molecule has 0 radical (unpaired) electrons. The first-order valence-electron chi connectivity index (χ1n) is 6.59. The van der Waals surface area contributed by atoms with Crippen LogP contribution in [0.5, 0.6) is 0 Å². The van der Waals surface area contributed by atoms with Crippen LogP contribution in [0.1, 0.15) is 37.5 Å². The zero-order chi connectivity index (χ0) is 15.5. The topological polar surface area (TPSA) is 51.5 Å². The molecule has 4 nitrogen and oxygen atoms in total. The van der Waals surface area contributed by atoms with Crippen molar-refractivity contribution >= 4 is 28.9 Å². The Morgan fingerprint density at radius 1 is 1.43 bits per heavy atom. The van der Waals surface area contributed by atoms with E-state index in [1.807, 2.05) is 45.0 Å². The van der Waals surface area contributed by atoms with Gasteiger partial charge in [0.1, 0.15) is 17.4 Å². The lowest BCUT2D eigenvalue weighted by Crippen LogP contribution is -2.33. The highest BCUT2D eigenvalue weighted by Gasteiger charge is 2.22. The molecule has 21 heavy (non-hydrogen) atoms. The first-order chi connectivity index (χ1) is 9.85. The van der Waals surface area contributed by atoms with E-state index in [-0.39, 0.29) is 18.6 Å². The van der Waals surface area contributed by atoms with E-state index in [9.17, 15) is 4.79 Å². The smallest absolute Gasteiger partial charge is 0.320 e. The Hall–Kier alpha value is -1.30. The van der Waals surface area contributed by atoms with E-state index < -0.39 is 5.60 Å². The third-order valence-electron chi connectivity index (χ3n) is 2.58. The van der Waals surface area contributed by atoms with Crippen molar-refractivity contribution in [2.75, 3.05) is 6.54 Å². The molecule has 2 aromatic heterocycles. The molecular weight excluding hydrogens is 310 g/mol. The van der Waals surface area contributed by atoms with Crippen molar-refractivity contribution in [1.29, 1.82) is 0 Å². The molecule has 0 saturated heterocycles. The Bertz CT molecular complexity index is 586. The van der Waals surface area contributed by atoms with E-state index in [0.29, 0.717) is 4.34 Å². The average Bonchev–Trinajstić information content (AvgIpc) is 2.99. The molecule has 0 aliphatic carbocycles. The molecule has 0 spiro atoms. The maximum atomic E-state index is 11.8. The minimum absolute atomic E-state index is 0.0954. The molecule has 0 saturated carbocycles. The van der Waals surface area contributed by atoms with Crippen LogP contribution in [-0.2, 0) is 9.53 Å². The third kappa shape index (κ3) is 4.88. The fourth-order valence-corrected chi connectivity index (χ4v) is 2.99. The van der Waals surface area contributed by atoms with Crippen molar-refractivity contribution in [2.45, 2.75) is 32.4 Å². The summed E-state index contributed by atoms with van der Waals surface area (Å²) in [5.41, 5.74) is -0.495. The number of hydrogen-bond acceptors (Lipinski definition) is 5. The van der Waals surface area contributed by atoms with Gasteiger partial charge in [0.15, 0.2) is 0 Å². The van der Waals surface area contributed by atoms with Crippen molar-refractivity contribution < 1.29 is 13.9 Å². The van der Waals surface area contributed by atoms with Crippen molar-refractivity contribution in [3.05, 3.63) is 45.5 Å². The van der Waals surface area contributed by atoms with Crippen LogP contribution < -0.4 is 5.32 Å². The summed E-state index contributed by atoms with van der Waals surface area (Å²) in [7, 11) is 0. The second kappa shape index (κ2) is 6.64. The van der Waals surface area contributed by atoms with Gasteiger partial charge in [0.05, 0.1) is 17.1 Å². The number of esters is 1. The Labute approximate surface area is 133 Å². The van der Waals surface area contributed by atoms with Crippen molar-refractivity contribution in [3.63, 3.8) is 0 Å². The summed E-state index contributed by atoms with van der Waals surface area (Å²) in [6.07, 6.45) is 1.60. The quantitative estimate of drug-likeness (QED) is 0.843. The van der Waals surface area contributed by atoms with Crippen LogP contribution >= 0.6 is 22.9 Å². The summed E-state index contributed by atoms with van der Waals surface area (Å²) in [5.74, 6) is 0.429. The highest BCUT2D eigenvalue weighted by Crippen LogP contribution is 2.31. The largest absolute Gasteiger partial charge is 0.467 e. The number of rotatable bonds is 5. The molecule has 0 aliphatic heterocycles. The molecule has 6 heteroatoms. The predicted molar refractivity (Wildman–Crippen MR) is 83.7 cm³/mol. The normalized spacial score (nSPS) is 13.1. The fraction of sp³-hybridized carbons (Fsp3) is 0.400. The maximum absolute atomic E-state index is 11.8. The molecule has 1 atom stereocenters. The van der Waals surface area contributed by atoms with Gasteiger partial charge < -0.3 is 9.15 Å². The zero-order valence-corrected chi connectivity index (χ0v) is 13.8. The fourth-order valence-electron chi connectivity index (χ4n) is 1.84. The summed E-state index contributed by atoms with van der Waals surface area (Å²) in [6.45, 7) is 5.62. The minimum atomic E-state index is -0.495. The van der Waals surface area contributed by atoms with Gasteiger partial charge in [-0.2, -0.15) is 0 Å². The van der Waals surface area contributed by atoms with Crippen molar-refractivity contribution in [2.24, 2.45) is 0 Å². The Balaban J connectivity index is 2.06. The number of furan rings is 1. The van der Waals surface area contributed by atoms with E-state index in [0.717, 1.165) is 10.6 Å². The van der Waals surface area contributed by atoms with Crippen LogP contribution in [0, 0.1) is 0 Å². The molecule has 2 rings (SSSR count). The van der Waals surface area contributed by atoms with E-state index in [4.69, 9.17) is 20.8 Å². The average molecular weight is 328 g/mol. The molecule has 1 N–H and O–H groups in total. The summed E-state index contributed by atoms with van der Waals surface area (Å²) in [4.78, 5) is 12.8. The number of nitrogens with one attached hydrogen (secondary N) is 1. The Morgan fingerprint density at radius 2 is 2.19 bits per heavy atom. The van der Waals surface area contributed by atoms with Gasteiger partial charge in [0.2, 0.25) is 0 Å². The molecule has 1 unspecified atom stereocenters. The van der Waals surface area contributed by atoms with Crippen molar-refractivity contribution in [1.82, 2.24) is 5.32 Å². The van der Waals surface area contributed by atoms with Gasteiger partial charge >= 0.3 is 5.97 Å². The summed E-state index contributed by atoms with van der Waals surface area (Å²) in [5, 5.41) is 3.16. The maximum Gasteiger partial charge on any atom is 0.320 e. The lowest BCUT2D eigenvalue weighted by atomic mass is 10.2. The number of carbonyl (C=O) groups excluding carboxylic acids is 1. The molecule has 114 valence electrons. The lowest BCUT2D eigenvalue weighted by Gasteiger charge is -2.21. The van der Waals surface area contributed by atoms with Gasteiger partial charge in [0.25, 0.3) is 0 Å². The highest BCUT2D eigenvalue weighted by molar-refractivity contribution is 7.16. The second-order valence-corrected chi connectivity index (χ2v) is 7.30. The monoisotopic (exact) mass is 327 g/mol. The standard InChI is InChI=1S/C15H18ClNO3S/c1-15(2,3)20-13(18)9-17-14(10-5-4-8-19-10)11-6-7-12(16)21-11/h4-8,14,17H,9H2,1-3H3. The second-order valence-electron chi connectivity index (χ2n) is 5.56. The molecule has 0 amide bonds. The van der Waals surface area contributed by atoms with Crippen LogP contribution in [-0.4, -0.2) is 18.1 Å². The van der Waals surface area contributed by atoms with Gasteiger partial charge in [-0.05, 0) is 45.0 Å². The number of thiophene rings is 1. The van der Waals surface area contributed by atoms with Gasteiger partial charge in [-0.25, -0.2) is 0 Å². The summed E-state index contributed by atoms with van der Waals surface area (Å²) >= 11 is 7.43. The van der Waals surface area contributed by atoms with Crippen LogP contribution in [0.15, 0.2) is 34.9 Å². The number of carbonyl (C=O) groups is 1. The number of halogens is 1. The molecular formula is C15H18ClNO3S. The summed E-state index contributed by atoms with van der Waals surface area (Å²) < 4.78 is 11.4. The number of ether oxygens (including phenoxy) is 1. The van der Waals surface area contributed by atoms with Crippen LogP contribution in [0.4, 0.5) is 0 Å². The van der Waals surface area contributed by atoms with Crippen LogP contribution in [0.3, 0.4) is 0 Å². The first kappa shape index (κ1) is 16.1. The highest BCUT2D eigenvalue weighted by atomic mass is 35.5. The molecule has 0 aromatic carbocycles. The third-order valence-corrected chi connectivity index (χ3v) is 3.87. The summed E-state index contributed by atoms with van der Waals surface area (Å²) in [6, 6.07) is 7.20. The van der Waals surface area contributed by atoms with Crippen LogP contribution in [0.2, 0.25) is 4.34 Å². The van der Waals surface area contributed by atoms with E-state index >= 15 is 0 Å². The van der Waals surface area contributed by atoms with E-state index in [1.54, 1.807) is 6.26 Å². The van der Waals surface area contributed by atoms with Crippen LogP contribution in [0.25, 0.3) is 0 Å². The van der Waals surface area contributed by atoms with E-state index in [1.165, 1.54) is 11.3 Å². The Morgan fingerprint density at radius 3 is 2.71 bits per heavy atom. The lowest BCUT2D eigenvalue weighted by molar-refractivity contribution is -0.153. The molecule has 2 aromatic rings. The molecule has 2 heterocycles. The molecule has 0 bridgehead atoms. The van der Waals surface area contributed by atoms with Crippen molar-refractivity contribution in [3.8, 4) is 0 Å². The minimum Gasteiger partial charge on any atom is -0.467 e. The SMILES string of the molecule is CC(C)(C)OC(=O)CNC(c1ccco1)c1ccc(Cl)s1. The van der Waals surface area contributed by atoms with Gasteiger partial charge in [-0.1, -0.05) is 11.6 Å². The molecule has 0 fully saturated rings. The van der Waals surface area contributed by atoms with Gasteiger partial charge in [-0.15, -0.1) is 11.3 Å². The van der Waals surface area contributed by atoms with E-state index in [2.05, 4.69) is 5.32 Å². The first-order valence-corrected chi connectivity index (χ1v) is 7.78. The zero-order valence-electron chi connectivity index (χ0n) is 12.2.